The Morgan fingerprint density at radius 1 is 1.11 bits per heavy atom. The van der Waals surface area contributed by atoms with E-state index in [0.29, 0.717) is 6.54 Å². The molecule has 0 unspecified atom stereocenters. The molecule has 0 spiro atoms. The standard InChI is InChI=1S/C21H24N4O2/c1-15-10-17(5-6-18(15)19-12-23-14-25-19)24-13-22-9-8-16-4-7-20(26-2)21(11-16)27-3/h4-7,10-14H,8-9H2,1-3H3,(H,22,24)(H,23,25). The zero-order valence-corrected chi connectivity index (χ0v) is 15.8. The van der Waals surface area contributed by atoms with E-state index < -0.39 is 0 Å². The summed E-state index contributed by atoms with van der Waals surface area (Å²) in [7, 11) is 3.28. The quantitative estimate of drug-likeness (QED) is 0.467. The van der Waals surface area contributed by atoms with Gasteiger partial charge in [-0.2, -0.15) is 0 Å². The number of nitrogens with zero attached hydrogens (tertiary/aromatic N) is 2. The fourth-order valence-electron chi connectivity index (χ4n) is 2.87. The molecule has 3 aromatic rings. The van der Waals surface area contributed by atoms with Gasteiger partial charge in [0.1, 0.15) is 0 Å². The molecule has 0 aliphatic heterocycles. The topological polar surface area (TPSA) is 71.5 Å². The third-order valence-corrected chi connectivity index (χ3v) is 4.31. The Morgan fingerprint density at radius 3 is 2.67 bits per heavy atom. The van der Waals surface area contributed by atoms with E-state index in [1.54, 1.807) is 26.9 Å². The number of methoxy groups -OCH3 is 2. The van der Waals surface area contributed by atoms with Crippen molar-refractivity contribution in [3.8, 4) is 22.8 Å². The number of aryl methyl sites for hydroxylation is 1. The number of anilines is 1. The first-order valence-electron chi connectivity index (χ1n) is 8.76. The van der Waals surface area contributed by atoms with Gasteiger partial charge in [0.15, 0.2) is 11.5 Å². The number of rotatable bonds is 8. The summed E-state index contributed by atoms with van der Waals surface area (Å²) in [5.41, 5.74) is 5.49. The van der Waals surface area contributed by atoms with Gasteiger partial charge in [-0.25, -0.2) is 4.98 Å². The Labute approximate surface area is 159 Å². The molecule has 0 saturated carbocycles. The Kier molecular flexibility index (Phi) is 6.10. The fraction of sp³-hybridized carbons (Fsp3) is 0.238. The first-order chi connectivity index (χ1) is 13.2. The molecule has 0 aliphatic carbocycles. The molecular formula is C21H24N4O2. The molecule has 1 aromatic heterocycles. The molecule has 0 bridgehead atoms. The van der Waals surface area contributed by atoms with Crippen molar-refractivity contribution in [2.75, 3.05) is 26.1 Å². The summed E-state index contributed by atoms with van der Waals surface area (Å²) in [5.74, 6) is 1.48. The number of hydrogen-bond donors (Lipinski definition) is 2. The maximum atomic E-state index is 5.33. The highest BCUT2D eigenvalue weighted by atomic mass is 16.5. The van der Waals surface area contributed by atoms with Crippen molar-refractivity contribution >= 4 is 12.0 Å². The number of aliphatic imine (C=N–C) groups is 1. The monoisotopic (exact) mass is 364 g/mol. The van der Waals surface area contributed by atoms with Crippen molar-refractivity contribution in [1.82, 2.24) is 9.97 Å². The number of nitrogens with one attached hydrogen (secondary N) is 2. The van der Waals surface area contributed by atoms with Crippen LogP contribution in [0.2, 0.25) is 0 Å². The summed E-state index contributed by atoms with van der Waals surface area (Å²) in [5, 5.41) is 3.22. The highest BCUT2D eigenvalue weighted by molar-refractivity contribution is 5.77. The lowest BCUT2D eigenvalue weighted by molar-refractivity contribution is 0.354. The van der Waals surface area contributed by atoms with Gasteiger partial charge >= 0.3 is 0 Å². The molecule has 3 rings (SSSR count). The second kappa shape index (κ2) is 8.89. The lowest BCUT2D eigenvalue weighted by Crippen LogP contribution is -1.99. The number of benzene rings is 2. The summed E-state index contributed by atoms with van der Waals surface area (Å²) in [6, 6.07) is 12.1. The number of H-pyrrole nitrogens is 1. The predicted octanol–water partition coefficient (Wildman–Crippen LogP) is 4.09. The van der Waals surface area contributed by atoms with E-state index in [1.165, 1.54) is 5.56 Å². The average molecular weight is 364 g/mol. The molecule has 0 saturated heterocycles. The first-order valence-corrected chi connectivity index (χ1v) is 8.76. The van der Waals surface area contributed by atoms with Crippen LogP contribution < -0.4 is 14.8 Å². The van der Waals surface area contributed by atoms with Crippen LogP contribution in [0, 0.1) is 6.92 Å². The second-order valence-corrected chi connectivity index (χ2v) is 6.11. The normalized spacial score (nSPS) is 10.9. The zero-order chi connectivity index (χ0) is 19.1. The molecule has 2 aromatic carbocycles. The van der Waals surface area contributed by atoms with Crippen LogP contribution in [-0.2, 0) is 6.42 Å². The molecular weight excluding hydrogens is 340 g/mol. The van der Waals surface area contributed by atoms with Crippen LogP contribution in [0.3, 0.4) is 0 Å². The summed E-state index contributed by atoms with van der Waals surface area (Å²) in [6.07, 6.45) is 6.08. The van der Waals surface area contributed by atoms with Gasteiger partial charge < -0.3 is 19.8 Å². The lowest BCUT2D eigenvalue weighted by Gasteiger charge is -2.09. The van der Waals surface area contributed by atoms with Crippen molar-refractivity contribution in [1.29, 1.82) is 0 Å². The van der Waals surface area contributed by atoms with Gasteiger partial charge in [-0.3, -0.25) is 4.99 Å². The summed E-state index contributed by atoms with van der Waals surface area (Å²) < 4.78 is 10.6. The maximum Gasteiger partial charge on any atom is 0.160 e. The van der Waals surface area contributed by atoms with Crippen molar-refractivity contribution in [2.24, 2.45) is 4.99 Å². The number of aromatic amines is 1. The van der Waals surface area contributed by atoms with Gasteiger partial charge in [0.25, 0.3) is 0 Å². The van der Waals surface area contributed by atoms with Gasteiger partial charge in [0.05, 0.1) is 38.8 Å². The second-order valence-electron chi connectivity index (χ2n) is 6.11. The molecule has 6 heteroatoms. The van der Waals surface area contributed by atoms with Gasteiger partial charge in [0.2, 0.25) is 0 Å². The van der Waals surface area contributed by atoms with Crippen LogP contribution >= 0.6 is 0 Å². The number of ether oxygens (including phenoxy) is 2. The predicted molar refractivity (Wildman–Crippen MR) is 109 cm³/mol. The number of aromatic nitrogens is 2. The smallest absolute Gasteiger partial charge is 0.160 e. The van der Waals surface area contributed by atoms with Gasteiger partial charge in [-0.1, -0.05) is 12.1 Å². The van der Waals surface area contributed by atoms with Crippen molar-refractivity contribution in [3.63, 3.8) is 0 Å². The van der Waals surface area contributed by atoms with E-state index in [0.717, 1.165) is 40.4 Å². The van der Waals surface area contributed by atoms with Crippen LogP contribution in [-0.4, -0.2) is 37.1 Å². The minimum absolute atomic E-state index is 0.688. The van der Waals surface area contributed by atoms with E-state index in [9.17, 15) is 0 Å². The first kappa shape index (κ1) is 18.5. The average Bonchev–Trinajstić information content (AvgIpc) is 3.22. The van der Waals surface area contributed by atoms with Gasteiger partial charge in [-0.05, 0) is 48.7 Å². The van der Waals surface area contributed by atoms with Gasteiger partial charge in [-0.15, -0.1) is 0 Å². The molecule has 0 amide bonds. The Morgan fingerprint density at radius 2 is 1.96 bits per heavy atom. The summed E-state index contributed by atoms with van der Waals surface area (Å²) in [6.45, 7) is 2.77. The molecule has 0 atom stereocenters. The van der Waals surface area contributed by atoms with Crippen LogP contribution in [0.1, 0.15) is 11.1 Å². The van der Waals surface area contributed by atoms with Gasteiger partial charge in [0, 0.05) is 17.8 Å². The van der Waals surface area contributed by atoms with E-state index in [-0.39, 0.29) is 0 Å². The molecule has 27 heavy (non-hydrogen) atoms. The largest absolute Gasteiger partial charge is 0.493 e. The summed E-state index contributed by atoms with van der Waals surface area (Å²) in [4.78, 5) is 11.6. The van der Waals surface area contributed by atoms with Crippen LogP contribution in [0.4, 0.5) is 5.69 Å². The molecule has 6 nitrogen and oxygen atoms in total. The SMILES string of the molecule is COc1ccc(CCN=CNc2ccc(-c3cnc[nH]3)c(C)c2)cc1OC. The Hall–Kier alpha value is -3.28. The highest BCUT2D eigenvalue weighted by Gasteiger charge is 2.05. The minimum atomic E-state index is 0.688. The fourth-order valence-corrected chi connectivity index (χ4v) is 2.87. The van der Waals surface area contributed by atoms with Crippen molar-refractivity contribution in [3.05, 3.63) is 60.0 Å². The van der Waals surface area contributed by atoms with Crippen molar-refractivity contribution in [2.45, 2.75) is 13.3 Å². The van der Waals surface area contributed by atoms with E-state index in [2.05, 4.69) is 39.3 Å². The molecule has 1 heterocycles. The van der Waals surface area contributed by atoms with E-state index in [1.807, 2.05) is 30.5 Å². The van der Waals surface area contributed by atoms with Crippen LogP contribution in [0.15, 0.2) is 53.9 Å². The molecule has 0 fully saturated rings. The molecule has 0 radical (unpaired) electrons. The Bertz CT molecular complexity index is 905. The van der Waals surface area contributed by atoms with Crippen molar-refractivity contribution < 1.29 is 9.47 Å². The van der Waals surface area contributed by atoms with Crippen LogP contribution in [0.5, 0.6) is 11.5 Å². The Balaban J connectivity index is 1.53. The minimum Gasteiger partial charge on any atom is -0.493 e. The third-order valence-electron chi connectivity index (χ3n) is 4.31. The number of hydrogen-bond acceptors (Lipinski definition) is 4. The van der Waals surface area contributed by atoms with Crippen LogP contribution in [0.25, 0.3) is 11.3 Å². The molecule has 140 valence electrons. The summed E-state index contributed by atoms with van der Waals surface area (Å²) >= 11 is 0. The third kappa shape index (κ3) is 4.67. The molecule has 2 N–H and O–H groups in total. The highest BCUT2D eigenvalue weighted by Crippen LogP contribution is 2.27. The van der Waals surface area contributed by atoms with E-state index in [4.69, 9.17) is 9.47 Å². The lowest BCUT2D eigenvalue weighted by atomic mass is 10.1. The maximum absolute atomic E-state index is 5.33. The zero-order valence-electron chi connectivity index (χ0n) is 15.8. The van der Waals surface area contributed by atoms with E-state index >= 15 is 0 Å². The molecule has 0 aliphatic rings. The number of imidazole rings is 1.